The molecule has 2 rings (SSSR count). The maximum Gasteiger partial charge on any atom is 0.354 e. The van der Waals surface area contributed by atoms with E-state index in [1.54, 1.807) is 4.68 Å². The Morgan fingerprint density at radius 1 is 1.62 bits per heavy atom. The first kappa shape index (κ1) is 11.1. The van der Waals surface area contributed by atoms with Crippen LogP contribution in [0.4, 0.5) is 0 Å². The van der Waals surface area contributed by atoms with Gasteiger partial charge in [0.2, 0.25) is 0 Å². The van der Waals surface area contributed by atoms with Gasteiger partial charge in [-0.1, -0.05) is 13.8 Å². The van der Waals surface area contributed by atoms with Crippen molar-refractivity contribution in [2.24, 2.45) is 5.92 Å². The van der Waals surface area contributed by atoms with Crippen LogP contribution in [0.5, 0.6) is 0 Å². The minimum atomic E-state index is -0.917. The van der Waals surface area contributed by atoms with Gasteiger partial charge in [-0.05, 0) is 5.92 Å². The van der Waals surface area contributed by atoms with Crippen LogP contribution in [0.2, 0.25) is 0 Å². The molecule has 1 aliphatic heterocycles. The monoisotopic (exact) mass is 224 g/mol. The van der Waals surface area contributed by atoms with E-state index in [-0.39, 0.29) is 0 Å². The number of rotatable bonds is 3. The van der Waals surface area contributed by atoms with Gasteiger partial charge in [0.05, 0.1) is 18.9 Å². The van der Waals surface area contributed by atoms with E-state index in [0.717, 1.165) is 11.3 Å². The second-order valence-corrected chi connectivity index (χ2v) is 4.46. The maximum absolute atomic E-state index is 11.2. The summed E-state index contributed by atoms with van der Waals surface area (Å²) in [5.74, 6) is -0.541. The first-order chi connectivity index (χ1) is 7.59. The molecule has 0 amide bonds. The van der Waals surface area contributed by atoms with Gasteiger partial charge in [0.1, 0.15) is 0 Å². The lowest BCUT2D eigenvalue weighted by molar-refractivity contribution is 0.0669. The summed E-state index contributed by atoms with van der Waals surface area (Å²) in [6.07, 6.45) is 0.709. The van der Waals surface area contributed by atoms with Crippen LogP contribution in [-0.2, 0) is 24.3 Å². The van der Waals surface area contributed by atoms with Gasteiger partial charge < -0.3 is 9.84 Å². The molecule has 0 saturated carbocycles. The van der Waals surface area contributed by atoms with Gasteiger partial charge in [-0.25, -0.2) is 4.79 Å². The Balaban J connectivity index is 2.43. The molecule has 1 aromatic heterocycles. The van der Waals surface area contributed by atoms with Crippen LogP contribution >= 0.6 is 0 Å². The molecule has 0 aliphatic carbocycles. The second kappa shape index (κ2) is 4.25. The molecule has 1 aromatic rings. The molecule has 0 unspecified atom stereocenters. The number of aromatic carboxylic acids is 1. The maximum atomic E-state index is 11.2. The van der Waals surface area contributed by atoms with Crippen molar-refractivity contribution in [2.45, 2.75) is 33.4 Å². The SMILES string of the molecule is CC(C)Cn1nc2c(c1C(=O)O)COCC2. The Morgan fingerprint density at radius 3 is 3.00 bits per heavy atom. The minimum absolute atomic E-state index is 0.295. The number of carboxylic acid groups (broad SMARTS) is 1. The number of carbonyl (C=O) groups is 1. The fourth-order valence-corrected chi connectivity index (χ4v) is 1.96. The smallest absolute Gasteiger partial charge is 0.354 e. The Labute approximate surface area is 94.0 Å². The third-order valence-electron chi connectivity index (χ3n) is 2.60. The van der Waals surface area contributed by atoms with E-state index in [2.05, 4.69) is 5.10 Å². The zero-order chi connectivity index (χ0) is 11.7. The average molecular weight is 224 g/mol. The largest absolute Gasteiger partial charge is 0.477 e. The molecule has 0 bridgehead atoms. The van der Waals surface area contributed by atoms with E-state index in [9.17, 15) is 9.90 Å². The third-order valence-corrected chi connectivity index (χ3v) is 2.60. The molecule has 0 fully saturated rings. The van der Waals surface area contributed by atoms with E-state index >= 15 is 0 Å². The van der Waals surface area contributed by atoms with Gasteiger partial charge >= 0.3 is 5.97 Å². The number of carboxylic acids is 1. The van der Waals surface area contributed by atoms with Crippen LogP contribution in [0.1, 0.15) is 35.6 Å². The Morgan fingerprint density at radius 2 is 2.38 bits per heavy atom. The Bertz CT molecular complexity index is 410. The van der Waals surface area contributed by atoms with Crippen molar-refractivity contribution >= 4 is 5.97 Å². The fraction of sp³-hybridized carbons (Fsp3) is 0.636. The Hall–Kier alpha value is -1.36. The number of hydrogen-bond acceptors (Lipinski definition) is 3. The summed E-state index contributed by atoms with van der Waals surface area (Å²) in [4.78, 5) is 11.2. The van der Waals surface area contributed by atoms with Crippen molar-refractivity contribution in [3.8, 4) is 0 Å². The summed E-state index contributed by atoms with van der Waals surface area (Å²) in [7, 11) is 0. The molecule has 5 nitrogen and oxygen atoms in total. The molecule has 5 heteroatoms. The minimum Gasteiger partial charge on any atom is -0.477 e. The van der Waals surface area contributed by atoms with Crippen LogP contribution in [0.15, 0.2) is 0 Å². The number of fused-ring (bicyclic) bond motifs is 1. The normalized spacial score (nSPS) is 15.2. The van der Waals surface area contributed by atoms with Gasteiger partial charge in [-0.3, -0.25) is 4.68 Å². The molecule has 88 valence electrons. The fourth-order valence-electron chi connectivity index (χ4n) is 1.96. The molecular weight excluding hydrogens is 208 g/mol. The lowest BCUT2D eigenvalue weighted by Gasteiger charge is -2.10. The van der Waals surface area contributed by atoms with Gasteiger partial charge in [0, 0.05) is 18.5 Å². The summed E-state index contributed by atoms with van der Waals surface area (Å²) in [5.41, 5.74) is 1.92. The van der Waals surface area contributed by atoms with E-state index in [1.165, 1.54) is 0 Å². The van der Waals surface area contributed by atoms with Gasteiger partial charge in [-0.2, -0.15) is 5.10 Å². The molecule has 1 N–H and O–H groups in total. The lowest BCUT2D eigenvalue weighted by Crippen LogP contribution is -2.15. The summed E-state index contributed by atoms with van der Waals surface area (Å²) >= 11 is 0. The van der Waals surface area contributed by atoms with Crippen molar-refractivity contribution in [1.29, 1.82) is 0 Å². The highest BCUT2D eigenvalue weighted by Crippen LogP contribution is 2.21. The van der Waals surface area contributed by atoms with Crippen LogP contribution in [0.25, 0.3) is 0 Å². The van der Waals surface area contributed by atoms with Crippen LogP contribution < -0.4 is 0 Å². The van der Waals surface area contributed by atoms with Gasteiger partial charge in [0.15, 0.2) is 5.69 Å². The van der Waals surface area contributed by atoms with Crippen molar-refractivity contribution < 1.29 is 14.6 Å². The molecule has 0 spiro atoms. The summed E-state index contributed by atoms with van der Waals surface area (Å²) in [6.45, 7) is 5.72. The molecule has 0 saturated heterocycles. The molecule has 16 heavy (non-hydrogen) atoms. The van der Waals surface area contributed by atoms with Crippen molar-refractivity contribution in [3.63, 3.8) is 0 Å². The summed E-state index contributed by atoms with van der Waals surface area (Å²) < 4.78 is 6.89. The van der Waals surface area contributed by atoms with E-state index in [4.69, 9.17) is 4.74 Å². The Kier molecular flexibility index (Phi) is 2.96. The quantitative estimate of drug-likeness (QED) is 0.840. The van der Waals surface area contributed by atoms with Crippen molar-refractivity contribution in [1.82, 2.24) is 9.78 Å². The van der Waals surface area contributed by atoms with Crippen molar-refractivity contribution in [2.75, 3.05) is 6.61 Å². The van der Waals surface area contributed by atoms with E-state index in [0.29, 0.717) is 37.8 Å². The highest BCUT2D eigenvalue weighted by Gasteiger charge is 2.25. The van der Waals surface area contributed by atoms with Gasteiger partial charge in [-0.15, -0.1) is 0 Å². The average Bonchev–Trinajstić information content (AvgIpc) is 2.53. The summed E-state index contributed by atoms with van der Waals surface area (Å²) in [5, 5.41) is 13.6. The second-order valence-electron chi connectivity index (χ2n) is 4.46. The number of nitrogens with zero attached hydrogens (tertiary/aromatic N) is 2. The van der Waals surface area contributed by atoms with Crippen LogP contribution in [0.3, 0.4) is 0 Å². The van der Waals surface area contributed by atoms with Gasteiger partial charge in [0.25, 0.3) is 0 Å². The number of aromatic nitrogens is 2. The zero-order valence-corrected chi connectivity index (χ0v) is 9.56. The molecule has 0 radical (unpaired) electrons. The first-order valence-electron chi connectivity index (χ1n) is 5.49. The number of ether oxygens (including phenoxy) is 1. The van der Waals surface area contributed by atoms with Crippen LogP contribution in [0, 0.1) is 5.92 Å². The zero-order valence-electron chi connectivity index (χ0n) is 9.56. The van der Waals surface area contributed by atoms with E-state index < -0.39 is 5.97 Å². The molecule has 2 heterocycles. The van der Waals surface area contributed by atoms with Crippen molar-refractivity contribution in [3.05, 3.63) is 17.0 Å². The predicted octanol–water partition coefficient (Wildman–Crippen LogP) is 1.31. The summed E-state index contributed by atoms with van der Waals surface area (Å²) in [6, 6.07) is 0. The third kappa shape index (κ3) is 1.95. The molecule has 0 atom stereocenters. The highest BCUT2D eigenvalue weighted by molar-refractivity contribution is 5.87. The standard InChI is InChI=1S/C11H16N2O3/c1-7(2)5-13-10(11(14)15)8-6-16-4-3-9(8)12-13/h7H,3-6H2,1-2H3,(H,14,15). The first-order valence-corrected chi connectivity index (χ1v) is 5.49. The van der Waals surface area contributed by atoms with E-state index in [1.807, 2.05) is 13.8 Å². The molecular formula is C11H16N2O3. The topological polar surface area (TPSA) is 64.4 Å². The predicted molar refractivity (Wildman–Crippen MR) is 57.4 cm³/mol. The molecule has 1 aliphatic rings. The number of hydrogen-bond donors (Lipinski definition) is 1. The van der Waals surface area contributed by atoms with Crippen LogP contribution in [-0.4, -0.2) is 27.5 Å². The molecule has 0 aromatic carbocycles. The lowest BCUT2D eigenvalue weighted by atomic mass is 10.1. The highest BCUT2D eigenvalue weighted by atomic mass is 16.5.